The molecule has 0 aromatic heterocycles. The van der Waals surface area contributed by atoms with Crippen LogP contribution in [0.2, 0.25) is 0 Å². The molecule has 0 aliphatic rings. The molecule has 0 unspecified atom stereocenters. The molecule has 0 radical (unpaired) electrons. The molecule has 0 saturated carbocycles. The molecule has 7 nitrogen and oxygen atoms in total. The Morgan fingerprint density at radius 1 is 0.966 bits per heavy atom. The monoisotopic (exact) mass is 401 g/mol. The summed E-state index contributed by atoms with van der Waals surface area (Å²) in [6, 6.07) is 8.97. The van der Waals surface area contributed by atoms with Gasteiger partial charge < -0.3 is 24.2 Å². The van der Waals surface area contributed by atoms with Crippen molar-refractivity contribution in [1.29, 1.82) is 0 Å². The number of para-hydroxylation sites is 1. The van der Waals surface area contributed by atoms with Gasteiger partial charge in [-0.05, 0) is 43.5 Å². The average molecular weight is 401 g/mol. The van der Waals surface area contributed by atoms with Crippen LogP contribution in [0, 0.1) is 13.8 Å². The summed E-state index contributed by atoms with van der Waals surface area (Å²) in [7, 11) is 4.47. The van der Waals surface area contributed by atoms with Gasteiger partial charge in [-0.3, -0.25) is 9.59 Å². The molecular weight excluding hydrogens is 374 g/mol. The molecule has 0 spiro atoms. The number of nitrogens with zero attached hydrogens (tertiary/aromatic N) is 1. The normalized spacial score (nSPS) is 10.4. The minimum atomic E-state index is -0.897. The standard InChI is InChI=1S/C22H27NO6/c1-14-8-6-9-15(2)20(14)23(11-7-10-19(24)25)22(26)16-12-17(27-3)21(29-5)18(13-16)28-4/h6,8-9,12-13H,7,10-11H2,1-5H3,(H,24,25). The summed E-state index contributed by atoms with van der Waals surface area (Å²) in [5.41, 5.74) is 3.00. The first kappa shape index (κ1) is 22.1. The predicted octanol–water partition coefficient (Wildman–Crippen LogP) is 3.84. The summed E-state index contributed by atoms with van der Waals surface area (Å²) in [6.07, 6.45) is 0.309. The van der Waals surface area contributed by atoms with E-state index < -0.39 is 5.97 Å². The Bertz CT molecular complexity index is 848. The molecule has 2 aromatic rings. The summed E-state index contributed by atoms with van der Waals surface area (Å²) in [5.74, 6) is -0.0147. The van der Waals surface area contributed by atoms with Crippen LogP contribution in [0.4, 0.5) is 5.69 Å². The molecule has 0 atom stereocenters. The number of hydrogen-bond acceptors (Lipinski definition) is 5. The van der Waals surface area contributed by atoms with Crippen molar-refractivity contribution in [2.45, 2.75) is 26.7 Å². The number of anilines is 1. The van der Waals surface area contributed by atoms with Gasteiger partial charge in [-0.25, -0.2) is 0 Å². The lowest BCUT2D eigenvalue weighted by Crippen LogP contribution is -2.33. The average Bonchev–Trinajstić information content (AvgIpc) is 2.70. The summed E-state index contributed by atoms with van der Waals surface area (Å²) < 4.78 is 16.1. The third-order valence-electron chi connectivity index (χ3n) is 4.64. The molecule has 0 aliphatic heterocycles. The highest BCUT2D eigenvalue weighted by Crippen LogP contribution is 2.39. The van der Waals surface area contributed by atoms with E-state index in [2.05, 4.69) is 0 Å². The zero-order valence-electron chi connectivity index (χ0n) is 17.4. The Hall–Kier alpha value is -3.22. The maximum Gasteiger partial charge on any atom is 0.303 e. The Balaban J connectivity index is 2.53. The second kappa shape index (κ2) is 9.82. The Morgan fingerprint density at radius 2 is 1.52 bits per heavy atom. The van der Waals surface area contributed by atoms with Gasteiger partial charge in [-0.2, -0.15) is 0 Å². The van der Waals surface area contributed by atoms with Crippen molar-refractivity contribution in [2.75, 3.05) is 32.8 Å². The van der Waals surface area contributed by atoms with E-state index in [0.717, 1.165) is 16.8 Å². The number of benzene rings is 2. The summed E-state index contributed by atoms with van der Waals surface area (Å²) in [5, 5.41) is 9.01. The molecule has 0 saturated heterocycles. The maximum atomic E-state index is 13.5. The van der Waals surface area contributed by atoms with E-state index in [4.69, 9.17) is 19.3 Å². The third kappa shape index (κ3) is 4.99. The molecule has 0 heterocycles. The van der Waals surface area contributed by atoms with Crippen molar-refractivity contribution in [3.05, 3.63) is 47.0 Å². The number of carboxylic acid groups (broad SMARTS) is 1. The summed E-state index contributed by atoms with van der Waals surface area (Å²) in [6.45, 7) is 4.12. The van der Waals surface area contributed by atoms with E-state index in [1.807, 2.05) is 32.0 Å². The smallest absolute Gasteiger partial charge is 0.303 e. The van der Waals surface area contributed by atoms with Gasteiger partial charge in [0.1, 0.15) is 0 Å². The van der Waals surface area contributed by atoms with Crippen LogP contribution in [0.15, 0.2) is 30.3 Å². The fourth-order valence-corrected chi connectivity index (χ4v) is 3.30. The van der Waals surface area contributed by atoms with Gasteiger partial charge in [-0.15, -0.1) is 0 Å². The molecule has 29 heavy (non-hydrogen) atoms. The third-order valence-corrected chi connectivity index (χ3v) is 4.64. The predicted molar refractivity (Wildman–Crippen MR) is 111 cm³/mol. The maximum absolute atomic E-state index is 13.5. The highest BCUT2D eigenvalue weighted by atomic mass is 16.5. The fraction of sp³-hybridized carbons (Fsp3) is 0.364. The number of carbonyl (C=O) groups is 2. The quantitative estimate of drug-likeness (QED) is 0.687. The molecular formula is C22H27NO6. The number of rotatable bonds is 9. The molecule has 2 rings (SSSR count). The highest BCUT2D eigenvalue weighted by Gasteiger charge is 2.24. The van der Waals surface area contributed by atoms with Gasteiger partial charge in [0.05, 0.1) is 21.3 Å². The number of hydrogen-bond donors (Lipinski definition) is 1. The van der Waals surface area contributed by atoms with Crippen molar-refractivity contribution in [2.24, 2.45) is 0 Å². The number of carboxylic acids is 1. The van der Waals surface area contributed by atoms with Gasteiger partial charge >= 0.3 is 5.97 Å². The molecule has 2 aromatic carbocycles. The molecule has 0 aliphatic carbocycles. The van der Waals surface area contributed by atoms with E-state index in [-0.39, 0.29) is 18.9 Å². The van der Waals surface area contributed by atoms with E-state index >= 15 is 0 Å². The number of ether oxygens (including phenoxy) is 3. The molecule has 0 bridgehead atoms. The molecule has 156 valence electrons. The van der Waals surface area contributed by atoms with E-state index in [1.54, 1.807) is 17.0 Å². The van der Waals surface area contributed by atoms with Crippen LogP contribution in [-0.4, -0.2) is 44.9 Å². The largest absolute Gasteiger partial charge is 0.493 e. The van der Waals surface area contributed by atoms with Crippen molar-refractivity contribution in [3.63, 3.8) is 0 Å². The molecule has 1 amide bonds. The minimum absolute atomic E-state index is 0.0238. The van der Waals surface area contributed by atoms with Crippen molar-refractivity contribution < 1.29 is 28.9 Å². The first-order valence-corrected chi connectivity index (χ1v) is 9.23. The number of aryl methyl sites for hydroxylation is 2. The van der Waals surface area contributed by atoms with Crippen molar-refractivity contribution >= 4 is 17.6 Å². The van der Waals surface area contributed by atoms with Crippen LogP contribution in [0.25, 0.3) is 0 Å². The highest BCUT2D eigenvalue weighted by molar-refractivity contribution is 6.07. The second-order valence-corrected chi connectivity index (χ2v) is 6.61. The zero-order valence-corrected chi connectivity index (χ0v) is 17.4. The lowest BCUT2D eigenvalue weighted by atomic mass is 10.1. The van der Waals surface area contributed by atoms with Crippen LogP contribution in [0.3, 0.4) is 0 Å². The lowest BCUT2D eigenvalue weighted by Gasteiger charge is -2.27. The number of carbonyl (C=O) groups excluding carboxylic acids is 1. The van der Waals surface area contributed by atoms with Gasteiger partial charge in [0.15, 0.2) is 11.5 Å². The van der Waals surface area contributed by atoms with E-state index in [1.165, 1.54) is 21.3 Å². The fourth-order valence-electron chi connectivity index (χ4n) is 3.30. The minimum Gasteiger partial charge on any atom is -0.493 e. The van der Waals surface area contributed by atoms with Crippen molar-refractivity contribution in [1.82, 2.24) is 0 Å². The lowest BCUT2D eigenvalue weighted by molar-refractivity contribution is -0.137. The zero-order chi connectivity index (χ0) is 21.6. The number of amides is 1. The Morgan fingerprint density at radius 3 is 1.97 bits per heavy atom. The van der Waals surface area contributed by atoms with Gasteiger partial charge in [0, 0.05) is 24.2 Å². The molecule has 7 heteroatoms. The van der Waals surface area contributed by atoms with Crippen LogP contribution in [-0.2, 0) is 4.79 Å². The van der Waals surface area contributed by atoms with Crippen LogP contribution < -0.4 is 19.1 Å². The Labute approximate surface area is 170 Å². The van der Waals surface area contributed by atoms with Gasteiger partial charge in [0.2, 0.25) is 5.75 Å². The summed E-state index contributed by atoms with van der Waals surface area (Å²) in [4.78, 5) is 26.1. The molecule has 0 fully saturated rings. The van der Waals surface area contributed by atoms with Gasteiger partial charge in [0.25, 0.3) is 5.91 Å². The van der Waals surface area contributed by atoms with Crippen LogP contribution in [0.1, 0.15) is 34.3 Å². The number of aliphatic carboxylic acids is 1. The Kier molecular flexibility index (Phi) is 7.47. The summed E-state index contributed by atoms with van der Waals surface area (Å²) >= 11 is 0. The van der Waals surface area contributed by atoms with Crippen molar-refractivity contribution in [3.8, 4) is 17.2 Å². The number of methoxy groups -OCH3 is 3. The first-order valence-electron chi connectivity index (χ1n) is 9.23. The topological polar surface area (TPSA) is 85.3 Å². The van der Waals surface area contributed by atoms with Crippen LogP contribution >= 0.6 is 0 Å². The van der Waals surface area contributed by atoms with Crippen LogP contribution in [0.5, 0.6) is 17.2 Å². The van der Waals surface area contributed by atoms with Gasteiger partial charge in [-0.1, -0.05) is 18.2 Å². The van der Waals surface area contributed by atoms with E-state index in [0.29, 0.717) is 29.2 Å². The SMILES string of the molecule is COc1cc(C(=O)N(CCCC(=O)O)c2c(C)cccc2C)cc(OC)c1OC. The molecule has 1 N–H and O–H groups in total. The van der Waals surface area contributed by atoms with E-state index in [9.17, 15) is 9.59 Å². The second-order valence-electron chi connectivity index (χ2n) is 6.61. The first-order chi connectivity index (χ1) is 13.8.